The third-order valence-corrected chi connectivity index (χ3v) is 5.66. The maximum absolute atomic E-state index is 13.4. The Balaban J connectivity index is 1.17. The van der Waals surface area contributed by atoms with Gasteiger partial charge in [-0.2, -0.15) is 10.2 Å². The van der Waals surface area contributed by atoms with Crippen molar-refractivity contribution in [2.45, 2.75) is 13.3 Å². The van der Waals surface area contributed by atoms with E-state index in [4.69, 9.17) is 16.3 Å². The molecule has 1 N–H and O–H groups in total. The summed E-state index contributed by atoms with van der Waals surface area (Å²) < 4.78 is 22.3. The lowest BCUT2D eigenvalue weighted by Gasteiger charge is -2.07. The molecule has 0 saturated carbocycles. The van der Waals surface area contributed by atoms with Crippen molar-refractivity contribution in [3.8, 4) is 16.9 Å². The third-order valence-electron chi connectivity index (χ3n) is 5.38. The Morgan fingerprint density at radius 1 is 0.917 bits per heavy atom. The highest BCUT2D eigenvalue weighted by Crippen LogP contribution is 2.23. The van der Waals surface area contributed by atoms with Gasteiger partial charge in [0.2, 0.25) is 0 Å². The van der Waals surface area contributed by atoms with E-state index < -0.39 is 5.91 Å². The largest absolute Gasteiger partial charge is 0.471 e. The molecule has 2 aromatic heterocycles. The first kappa shape index (κ1) is 23.3. The van der Waals surface area contributed by atoms with Crippen molar-refractivity contribution >= 4 is 23.3 Å². The molecule has 0 bridgehead atoms. The monoisotopic (exact) mass is 501 g/mol. The van der Waals surface area contributed by atoms with Gasteiger partial charge in [-0.25, -0.2) is 9.07 Å². The standard InChI is InChI=1S/C27H21ClFN5O2/c28-24-17-34(16-19-5-4-8-22(29)15-19)32-26(24)30-27(35)25-13-14-33(31-25)18-36-23-11-9-21(10-12-23)20-6-2-1-3-7-20/h1-15,17H,16,18H2,(H,30,32,35). The highest BCUT2D eigenvalue weighted by atomic mass is 35.5. The molecule has 1 amide bonds. The van der Waals surface area contributed by atoms with E-state index in [2.05, 4.69) is 15.5 Å². The highest BCUT2D eigenvalue weighted by Gasteiger charge is 2.15. The van der Waals surface area contributed by atoms with E-state index >= 15 is 0 Å². The number of anilines is 1. The molecule has 2 heterocycles. The van der Waals surface area contributed by atoms with Crippen molar-refractivity contribution in [2.24, 2.45) is 0 Å². The molecule has 0 fully saturated rings. The topological polar surface area (TPSA) is 74.0 Å². The van der Waals surface area contributed by atoms with Crippen LogP contribution in [0.15, 0.2) is 97.3 Å². The van der Waals surface area contributed by atoms with Crippen LogP contribution in [0.1, 0.15) is 16.1 Å². The Morgan fingerprint density at radius 3 is 2.47 bits per heavy atom. The molecule has 0 saturated heterocycles. The van der Waals surface area contributed by atoms with Crippen molar-refractivity contribution in [1.29, 1.82) is 0 Å². The number of carbonyl (C=O) groups excluding carboxylic acids is 1. The van der Waals surface area contributed by atoms with Crippen LogP contribution in [0.3, 0.4) is 0 Å². The number of benzene rings is 3. The van der Waals surface area contributed by atoms with E-state index in [1.54, 1.807) is 30.6 Å². The van der Waals surface area contributed by atoms with Gasteiger partial charge < -0.3 is 10.1 Å². The number of nitrogens with one attached hydrogen (secondary N) is 1. The van der Waals surface area contributed by atoms with Crippen molar-refractivity contribution in [1.82, 2.24) is 19.6 Å². The summed E-state index contributed by atoms with van der Waals surface area (Å²) in [5.74, 6) is 0.0936. The number of hydrogen-bond acceptors (Lipinski definition) is 4. The van der Waals surface area contributed by atoms with E-state index in [0.29, 0.717) is 12.3 Å². The van der Waals surface area contributed by atoms with Gasteiger partial charge in [-0.1, -0.05) is 66.2 Å². The van der Waals surface area contributed by atoms with Crippen LogP contribution in [-0.4, -0.2) is 25.5 Å². The smallest absolute Gasteiger partial charge is 0.277 e. The molecule has 36 heavy (non-hydrogen) atoms. The molecule has 0 aliphatic rings. The average Bonchev–Trinajstić information content (AvgIpc) is 3.50. The number of hydrogen-bond donors (Lipinski definition) is 1. The van der Waals surface area contributed by atoms with Gasteiger partial charge in [0.25, 0.3) is 5.91 Å². The van der Waals surface area contributed by atoms with Gasteiger partial charge >= 0.3 is 0 Å². The van der Waals surface area contributed by atoms with Crippen LogP contribution in [0.4, 0.5) is 10.2 Å². The first-order valence-electron chi connectivity index (χ1n) is 11.1. The second-order valence-electron chi connectivity index (χ2n) is 8.01. The van der Waals surface area contributed by atoms with Gasteiger partial charge in [-0.15, -0.1) is 0 Å². The zero-order chi connectivity index (χ0) is 24.9. The SMILES string of the molecule is O=C(Nc1nn(Cc2cccc(F)c2)cc1Cl)c1ccn(COc2ccc(-c3ccccc3)cc2)n1. The van der Waals surface area contributed by atoms with Crippen LogP contribution in [0.5, 0.6) is 5.75 Å². The van der Waals surface area contributed by atoms with Crippen LogP contribution in [-0.2, 0) is 13.3 Å². The molecule has 7 nitrogen and oxygen atoms in total. The Kier molecular flexibility index (Phi) is 6.77. The first-order chi connectivity index (χ1) is 17.5. The van der Waals surface area contributed by atoms with Crippen LogP contribution in [0.25, 0.3) is 11.1 Å². The lowest BCUT2D eigenvalue weighted by atomic mass is 10.1. The van der Waals surface area contributed by atoms with Gasteiger partial charge in [0.05, 0.1) is 6.54 Å². The Morgan fingerprint density at radius 2 is 1.69 bits per heavy atom. The molecule has 0 atom stereocenters. The summed E-state index contributed by atoms with van der Waals surface area (Å²) in [5.41, 5.74) is 3.14. The second kappa shape index (κ2) is 10.5. The van der Waals surface area contributed by atoms with E-state index in [0.717, 1.165) is 16.7 Å². The number of ether oxygens (including phenoxy) is 1. The lowest BCUT2D eigenvalue weighted by Crippen LogP contribution is -2.15. The van der Waals surface area contributed by atoms with Crippen LogP contribution in [0, 0.1) is 5.82 Å². The van der Waals surface area contributed by atoms with Crippen molar-refractivity contribution in [3.05, 3.63) is 119 Å². The van der Waals surface area contributed by atoms with Crippen LogP contribution in [0.2, 0.25) is 5.02 Å². The number of amides is 1. The molecule has 5 aromatic rings. The molecule has 0 unspecified atom stereocenters. The molecule has 180 valence electrons. The van der Waals surface area contributed by atoms with Gasteiger partial charge in [-0.3, -0.25) is 9.48 Å². The van der Waals surface area contributed by atoms with E-state index in [-0.39, 0.29) is 29.1 Å². The minimum Gasteiger partial charge on any atom is -0.471 e. The van der Waals surface area contributed by atoms with E-state index in [1.165, 1.54) is 21.5 Å². The molecule has 0 aliphatic heterocycles. The number of aromatic nitrogens is 4. The maximum atomic E-state index is 13.4. The lowest BCUT2D eigenvalue weighted by molar-refractivity contribution is 0.101. The summed E-state index contributed by atoms with van der Waals surface area (Å²) in [6.07, 6.45) is 3.22. The molecule has 0 radical (unpaired) electrons. The fourth-order valence-corrected chi connectivity index (χ4v) is 3.82. The number of carbonyl (C=O) groups is 1. The molecular formula is C27H21ClFN5O2. The van der Waals surface area contributed by atoms with Crippen molar-refractivity contribution < 1.29 is 13.9 Å². The van der Waals surface area contributed by atoms with Gasteiger partial charge in [0, 0.05) is 12.4 Å². The predicted octanol–water partition coefficient (Wildman–Crippen LogP) is 5.88. The number of rotatable bonds is 8. The highest BCUT2D eigenvalue weighted by molar-refractivity contribution is 6.33. The summed E-state index contributed by atoms with van der Waals surface area (Å²) in [6, 6.07) is 25.6. The van der Waals surface area contributed by atoms with Gasteiger partial charge in [0.1, 0.15) is 16.6 Å². The fraction of sp³-hybridized carbons (Fsp3) is 0.0741. The molecule has 0 spiro atoms. The number of halogens is 2. The summed E-state index contributed by atoms with van der Waals surface area (Å²) in [5, 5.41) is 11.5. The summed E-state index contributed by atoms with van der Waals surface area (Å²) in [4.78, 5) is 12.7. The zero-order valence-electron chi connectivity index (χ0n) is 19.0. The molecule has 9 heteroatoms. The number of nitrogens with zero attached hydrogens (tertiary/aromatic N) is 4. The van der Waals surface area contributed by atoms with Gasteiger partial charge in [0.15, 0.2) is 18.2 Å². The van der Waals surface area contributed by atoms with E-state index in [1.807, 2.05) is 54.6 Å². The zero-order valence-corrected chi connectivity index (χ0v) is 19.8. The quantitative estimate of drug-likeness (QED) is 0.288. The Bertz CT molecular complexity index is 1480. The third kappa shape index (κ3) is 5.61. The summed E-state index contributed by atoms with van der Waals surface area (Å²) in [6.45, 7) is 0.451. The fourth-order valence-electron chi connectivity index (χ4n) is 3.63. The van der Waals surface area contributed by atoms with Crippen LogP contribution >= 0.6 is 11.6 Å². The van der Waals surface area contributed by atoms with Crippen molar-refractivity contribution in [3.63, 3.8) is 0 Å². The summed E-state index contributed by atoms with van der Waals surface area (Å²) >= 11 is 6.23. The molecule has 5 rings (SSSR count). The predicted molar refractivity (Wildman–Crippen MR) is 135 cm³/mol. The molecule has 0 aliphatic carbocycles. The molecule has 3 aromatic carbocycles. The second-order valence-corrected chi connectivity index (χ2v) is 8.42. The average molecular weight is 502 g/mol. The van der Waals surface area contributed by atoms with Crippen LogP contribution < -0.4 is 10.1 Å². The Hall–Kier alpha value is -4.43. The van der Waals surface area contributed by atoms with E-state index in [9.17, 15) is 9.18 Å². The maximum Gasteiger partial charge on any atom is 0.277 e. The normalized spacial score (nSPS) is 10.8. The van der Waals surface area contributed by atoms with Gasteiger partial charge in [-0.05, 0) is 47.0 Å². The van der Waals surface area contributed by atoms with Crippen molar-refractivity contribution in [2.75, 3.05) is 5.32 Å². The minimum atomic E-state index is -0.459. The molecular weight excluding hydrogens is 481 g/mol. The Labute approximate surface area is 211 Å². The first-order valence-corrected chi connectivity index (χ1v) is 11.5. The minimum absolute atomic E-state index is 0.140. The summed E-state index contributed by atoms with van der Waals surface area (Å²) in [7, 11) is 0.